The fraction of sp³-hybridized carbons (Fsp3) is 1.00. The molecule has 2 aliphatic carbocycles. The van der Waals surface area contributed by atoms with E-state index < -0.39 is 0 Å². The van der Waals surface area contributed by atoms with Crippen molar-refractivity contribution in [2.24, 2.45) is 5.92 Å². The van der Waals surface area contributed by atoms with Crippen LogP contribution in [0.5, 0.6) is 0 Å². The first-order valence-corrected chi connectivity index (χ1v) is 7.43. The number of nitrogens with one attached hydrogen (secondary N) is 1. The normalized spacial score (nSPS) is 34.1. The molecule has 2 heteroatoms. The van der Waals surface area contributed by atoms with Gasteiger partial charge in [-0.25, -0.2) is 0 Å². The molecular weight excluding hydrogens is 190 g/mol. The first-order valence-electron chi connectivity index (χ1n) is 6.14. The lowest BCUT2D eigenvalue weighted by Gasteiger charge is -2.16. The van der Waals surface area contributed by atoms with Crippen LogP contribution < -0.4 is 5.32 Å². The summed E-state index contributed by atoms with van der Waals surface area (Å²) in [6, 6.07) is 0.841. The van der Waals surface area contributed by atoms with Gasteiger partial charge in [-0.3, -0.25) is 0 Å². The van der Waals surface area contributed by atoms with Gasteiger partial charge in [0.15, 0.2) is 0 Å². The summed E-state index contributed by atoms with van der Waals surface area (Å²) in [5.74, 6) is 1.00. The Labute approximate surface area is 92.4 Å². The van der Waals surface area contributed by atoms with Crippen molar-refractivity contribution in [3.8, 4) is 0 Å². The maximum absolute atomic E-state index is 3.77. The molecule has 2 aliphatic rings. The van der Waals surface area contributed by atoms with Crippen LogP contribution >= 0.6 is 11.8 Å². The molecule has 1 nitrogen and oxygen atoms in total. The highest BCUT2D eigenvalue weighted by molar-refractivity contribution is 7.99. The van der Waals surface area contributed by atoms with E-state index in [9.17, 15) is 0 Å². The lowest BCUT2D eigenvalue weighted by Crippen LogP contribution is -2.30. The van der Waals surface area contributed by atoms with E-state index in [1.165, 1.54) is 51.5 Å². The minimum absolute atomic E-state index is 0.841. The molecular formula is C12H23NS. The summed E-state index contributed by atoms with van der Waals surface area (Å²) in [6.07, 6.45) is 12.4. The van der Waals surface area contributed by atoms with Gasteiger partial charge in [-0.15, -0.1) is 0 Å². The summed E-state index contributed by atoms with van der Waals surface area (Å²) in [5.41, 5.74) is 0. The monoisotopic (exact) mass is 213 g/mol. The second-order valence-electron chi connectivity index (χ2n) is 4.93. The Morgan fingerprint density at radius 2 is 1.93 bits per heavy atom. The van der Waals surface area contributed by atoms with Gasteiger partial charge in [0.05, 0.1) is 0 Å². The van der Waals surface area contributed by atoms with E-state index >= 15 is 0 Å². The molecule has 2 fully saturated rings. The largest absolute Gasteiger partial charge is 0.314 e. The zero-order valence-corrected chi connectivity index (χ0v) is 10.1. The van der Waals surface area contributed by atoms with Gasteiger partial charge < -0.3 is 5.32 Å². The van der Waals surface area contributed by atoms with Gasteiger partial charge in [0.2, 0.25) is 0 Å². The van der Waals surface area contributed by atoms with Gasteiger partial charge in [-0.1, -0.05) is 12.8 Å². The first kappa shape index (κ1) is 10.8. The maximum Gasteiger partial charge on any atom is 0.00781 e. The molecule has 2 saturated carbocycles. The molecule has 0 radical (unpaired) electrons. The Bertz CT molecular complexity index is 166. The van der Waals surface area contributed by atoms with Crippen LogP contribution in [0.15, 0.2) is 0 Å². The standard InChI is InChI=1S/C12H23NS/c1-14-12-7-6-11(8-12)13-9-10-4-2-3-5-10/h10-13H,2-9H2,1H3. The van der Waals surface area contributed by atoms with Crippen LogP contribution in [0.2, 0.25) is 0 Å². The summed E-state index contributed by atoms with van der Waals surface area (Å²) >= 11 is 2.05. The molecule has 0 aromatic carbocycles. The average molecular weight is 213 g/mol. The molecule has 0 heterocycles. The van der Waals surface area contributed by atoms with Crippen LogP contribution in [0.3, 0.4) is 0 Å². The summed E-state index contributed by atoms with van der Waals surface area (Å²) in [6.45, 7) is 1.30. The van der Waals surface area contributed by atoms with E-state index in [1.807, 2.05) is 0 Å². The molecule has 0 aromatic rings. The van der Waals surface area contributed by atoms with E-state index in [4.69, 9.17) is 0 Å². The van der Waals surface area contributed by atoms with Gasteiger partial charge in [-0.2, -0.15) is 11.8 Å². The molecule has 82 valence electrons. The third-order valence-electron chi connectivity index (χ3n) is 3.89. The minimum atomic E-state index is 0.841. The highest BCUT2D eigenvalue weighted by atomic mass is 32.2. The molecule has 14 heavy (non-hydrogen) atoms. The van der Waals surface area contributed by atoms with Crippen LogP contribution in [0.4, 0.5) is 0 Å². The molecule has 0 aromatic heterocycles. The molecule has 0 saturated heterocycles. The van der Waals surface area contributed by atoms with E-state index in [2.05, 4.69) is 23.3 Å². The Morgan fingerprint density at radius 1 is 1.14 bits per heavy atom. The van der Waals surface area contributed by atoms with E-state index in [1.54, 1.807) is 0 Å². The minimum Gasteiger partial charge on any atom is -0.314 e. The number of thioether (sulfide) groups is 1. The highest BCUT2D eigenvalue weighted by Gasteiger charge is 2.24. The van der Waals surface area contributed by atoms with Gasteiger partial charge in [0.25, 0.3) is 0 Å². The SMILES string of the molecule is CSC1CCC(NCC2CCCC2)C1. The van der Waals surface area contributed by atoms with Crippen LogP contribution in [0, 0.1) is 5.92 Å². The topological polar surface area (TPSA) is 12.0 Å². The van der Waals surface area contributed by atoms with Crippen molar-refractivity contribution in [1.82, 2.24) is 5.32 Å². The highest BCUT2D eigenvalue weighted by Crippen LogP contribution is 2.29. The summed E-state index contributed by atoms with van der Waals surface area (Å²) in [7, 11) is 0. The predicted octanol–water partition coefficient (Wildman–Crippen LogP) is 3.05. The Balaban J connectivity index is 1.61. The van der Waals surface area contributed by atoms with Gasteiger partial charge in [0, 0.05) is 11.3 Å². The van der Waals surface area contributed by atoms with Crippen LogP contribution in [0.1, 0.15) is 44.9 Å². The fourth-order valence-corrected chi connectivity index (χ4v) is 3.68. The first-order chi connectivity index (χ1) is 6.88. The molecule has 0 bridgehead atoms. The van der Waals surface area contributed by atoms with Crippen molar-refractivity contribution in [3.05, 3.63) is 0 Å². The fourth-order valence-electron chi connectivity index (χ4n) is 2.89. The van der Waals surface area contributed by atoms with Crippen molar-refractivity contribution in [2.45, 2.75) is 56.2 Å². The van der Waals surface area contributed by atoms with Crippen molar-refractivity contribution in [3.63, 3.8) is 0 Å². The van der Waals surface area contributed by atoms with Gasteiger partial charge in [0.1, 0.15) is 0 Å². The molecule has 2 rings (SSSR count). The van der Waals surface area contributed by atoms with Gasteiger partial charge >= 0.3 is 0 Å². The van der Waals surface area contributed by atoms with Crippen molar-refractivity contribution >= 4 is 11.8 Å². The summed E-state index contributed by atoms with van der Waals surface area (Å²) < 4.78 is 0. The molecule has 0 spiro atoms. The van der Waals surface area contributed by atoms with Crippen molar-refractivity contribution in [2.75, 3.05) is 12.8 Å². The molecule has 0 amide bonds. The second-order valence-corrected chi connectivity index (χ2v) is 6.06. The van der Waals surface area contributed by atoms with Crippen LogP contribution in [-0.4, -0.2) is 24.1 Å². The Morgan fingerprint density at radius 3 is 2.57 bits per heavy atom. The number of hydrogen-bond donors (Lipinski definition) is 1. The third kappa shape index (κ3) is 2.90. The smallest absolute Gasteiger partial charge is 0.00781 e. The van der Waals surface area contributed by atoms with Crippen molar-refractivity contribution < 1.29 is 0 Å². The van der Waals surface area contributed by atoms with E-state index in [-0.39, 0.29) is 0 Å². The second kappa shape index (κ2) is 5.41. The van der Waals surface area contributed by atoms with Crippen molar-refractivity contribution in [1.29, 1.82) is 0 Å². The Hall–Kier alpha value is 0.310. The van der Waals surface area contributed by atoms with Crippen LogP contribution in [0.25, 0.3) is 0 Å². The predicted molar refractivity (Wildman–Crippen MR) is 64.9 cm³/mol. The third-order valence-corrected chi connectivity index (χ3v) is 4.98. The lowest BCUT2D eigenvalue weighted by atomic mass is 10.1. The molecule has 2 atom stereocenters. The Kier molecular flexibility index (Phi) is 4.18. The molecule has 2 unspecified atom stereocenters. The molecule has 1 N–H and O–H groups in total. The summed E-state index contributed by atoms with van der Waals surface area (Å²) in [5, 5.41) is 4.72. The van der Waals surface area contributed by atoms with Gasteiger partial charge in [-0.05, 0) is 50.8 Å². The van der Waals surface area contributed by atoms with Crippen LogP contribution in [-0.2, 0) is 0 Å². The zero-order chi connectivity index (χ0) is 9.80. The van der Waals surface area contributed by atoms with E-state index in [0.29, 0.717) is 0 Å². The molecule has 0 aliphatic heterocycles. The maximum atomic E-state index is 3.77. The number of hydrogen-bond acceptors (Lipinski definition) is 2. The average Bonchev–Trinajstić information content (AvgIpc) is 2.86. The lowest BCUT2D eigenvalue weighted by molar-refractivity contribution is 0.435. The number of rotatable bonds is 4. The summed E-state index contributed by atoms with van der Waals surface area (Å²) in [4.78, 5) is 0. The van der Waals surface area contributed by atoms with E-state index in [0.717, 1.165) is 17.2 Å². The zero-order valence-electron chi connectivity index (χ0n) is 9.30. The quantitative estimate of drug-likeness (QED) is 0.770.